The predicted molar refractivity (Wildman–Crippen MR) is 101 cm³/mol. The highest BCUT2D eigenvalue weighted by atomic mass is 32.2. The van der Waals surface area contributed by atoms with Crippen LogP contribution in [0.3, 0.4) is 0 Å². The molecule has 1 amide bonds. The second-order valence-electron chi connectivity index (χ2n) is 7.40. The monoisotopic (exact) mass is 394 g/mol. The lowest BCUT2D eigenvalue weighted by molar-refractivity contribution is -0.118. The lowest BCUT2D eigenvalue weighted by Gasteiger charge is -2.28. The number of carbonyl (C=O) groups is 1. The standard InChI is InChI=1S/C19H26N2O5S/c1-2-5-13(16(10-17(20)22)27(24,25)11-12-8-9-12)18(23)19-21-14-6-3-4-7-15(14)26-19/h3-4,6-7,12-13,16,18,23H,2,5,8-11H2,1H3,(H2,20,22). The first-order chi connectivity index (χ1) is 12.8. The van der Waals surface area contributed by atoms with Gasteiger partial charge >= 0.3 is 0 Å². The first kappa shape index (κ1) is 19.8. The van der Waals surface area contributed by atoms with E-state index in [1.807, 2.05) is 6.92 Å². The van der Waals surface area contributed by atoms with Gasteiger partial charge < -0.3 is 15.3 Å². The highest BCUT2D eigenvalue weighted by molar-refractivity contribution is 7.92. The summed E-state index contributed by atoms with van der Waals surface area (Å²) in [7, 11) is -3.59. The molecule has 0 saturated heterocycles. The number of aliphatic hydroxyl groups is 1. The van der Waals surface area contributed by atoms with Crippen LogP contribution in [0.4, 0.5) is 0 Å². The summed E-state index contributed by atoms with van der Waals surface area (Å²) in [5, 5.41) is 9.89. The highest BCUT2D eigenvalue weighted by Crippen LogP contribution is 2.38. The number of hydrogen-bond donors (Lipinski definition) is 2. The number of fused-ring (bicyclic) bond motifs is 1. The summed E-state index contributed by atoms with van der Waals surface area (Å²) in [5.41, 5.74) is 6.46. The Morgan fingerprint density at radius 1 is 1.37 bits per heavy atom. The molecule has 1 saturated carbocycles. The molecule has 27 heavy (non-hydrogen) atoms. The van der Waals surface area contributed by atoms with E-state index in [2.05, 4.69) is 4.98 Å². The SMILES string of the molecule is CCCC(C(O)c1nc2ccccc2o1)C(CC(N)=O)S(=O)(=O)CC1CC1. The largest absolute Gasteiger partial charge is 0.438 e. The Hall–Kier alpha value is -1.93. The number of oxazole rings is 1. The molecule has 7 nitrogen and oxygen atoms in total. The Labute approximate surface area is 158 Å². The number of primary amides is 1. The molecule has 0 spiro atoms. The normalized spacial score (nSPS) is 18.3. The van der Waals surface area contributed by atoms with Gasteiger partial charge in [0.1, 0.15) is 11.6 Å². The molecule has 3 atom stereocenters. The van der Waals surface area contributed by atoms with Crippen molar-refractivity contribution in [2.45, 2.75) is 50.4 Å². The molecule has 1 aliphatic rings. The third kappa shape index (κ3) is 4.68. The van der Waals surface area contributed by atoms with Gasteiger partial charge in [-0.25, -0.2) is 13.4 Å². The minimum absolute atomic E-state index is 0.0332. The summed E-state index contributed by atoms with van der Waals surface area (Å²) in [4.78, 5) is 15.9. The molecule has 3 N–H and O–H groups in total. The van der Waals surface area contributed by atoms with Crippen LogP contribution in [-0.4, -0.2) is 35.4 Å². The number of nitrogens with zero attached hydrogens (tertiary/aromatic N) is 1. The quantitative estimate of drug-likeness (QED) is 0.637. The topological polar surface area (TPSA) is 123 Å². The molecule has 1 aromatic carbocycles. The second kappa shape index (κ2) is 7.98. The van der Waals surface area contributed by atoms with Gasteiger partial charge in [-0.05, 0) is 37.3 Å². The Balaban J connectivity index is 1.94. The molecule has 1 fully saturated rings. The molecular weight excluding hydrogens is 368 g/mol. The fourth-order valence-electron chi connectivity index (χ4n) is 3.56. The molecular formula is C19H26N2O5S. The number of carbonyl (C=O) groups excluding carboxylic acids is 1. The number of para-hydroxylation sites is 2. The minimum atomic E-state index is -3.59. The molecule has 1 aliphatic carbocycles. The Morgan fingerprint density at radius 3 is 2.67 bits per heavy atom. The zero-order chi connectivity index (χ0) is 19.6. The van der Waals surface area contributed by atoms with Crippen LogP contribution in [0.2, 0.25) is 0 Å². The highest BCUT2D eigenvalue weighted by Gasteiger charge is 2.42. The fraction of sp³-hybridized carbons (Fsp3) is 0.579. The number of sulfone groups is 1. The van der Waals surface area contributed by atoms with Crippen molar-refractivity contribution in [2.24, 2.45) is 17.6 Å². The van der Waals surface area contributed by atoms with Gasteiger partial charge in [0.2, 0.25) is 11.8 Å². The molecule has 3 rings (SSSR count). The Morgan fingerprint density at radius 2 is 2.07 bits per heavy atom. The molecule has 0 aliphatic heterocycles. The van der Waals surface area contributed by atoms with Crippen molar-refractivity contribution in [3.05, 3.63) is 30.2 Å². The zero-order valence-corrected chi connectivity index (χ0v) is 16.2. The van der Waals surface area contributed by atoms with Crippen molar-refractivity contribution >= 4 is 26.8 Å². The summed E-state index contributed by atoms with van der Waals surface area (Å²) >= 11 is 0. The third-order valence-corrected chi connectivity index (χ3v) is 7.47. The molecule has 148 valence electrons. The van der Waals surface area contributed by atoms with Crippen LogP contribution in [0.1, 0.15) is 51.0 Å². The number of aliphatic hydroxyl groups excluding tert-OH is 1. The van der Waals surface area contributed by atoms with Crippen molar-refractivity contribution in [1.82, 2.24) is 4.98 Å². The first-order valence-electron chi connectivity index (χ1n) is 9.35. The lowest BCUT2D eigenvalue weighted by Crippen LogP contribution is -2.39. The van der Waals surface area contributed by atoms with E-state index in [0.29, 0.717) is 23.9 Å². The van der Waals surface area contributed by atoms with Gasteiger partial charge in [0.15, 0.2) is 15.4 Å². The van der Waals surface area contributed by atoms with E-state index >= 15 is 0 Å². The molecule has 8 heteroatoms. The van der Waals surface area contributed by atoms with Crippen LogP contribution in [0.25, 0.3) is 11.1 Å². The molecule has 0 bridgehead atoms. The van der Waals surface area contributed by atoms with Gasteiger partial charge in [0, 0.05) is 12.3 Å². The minimum Gasteiger partial charge on any atom is -0.438 e. The number of hydrogen-bond acceptors (Lipinski definition) is 6. The van der Waals surface area contributed by atoms with Crippen LogP contribution < -0.4 is 5.73 Å². The summed E-state index contributed by atoms with van der Waals surface area (Å²) in [6, 6.07) is 7.09. The van der Waals surface area contributed by atoms with Crippen molar-refractivity contribution in [3.63, 3.8) is 0 Å². The van der Waals surface area contributed by atoms with E-state index in [0.717, 1.165) is 12.8 Å². The lowest BCUT2D eigenvalue weighted by atomic mass is 9.91. The molecule has 1 aromatic heterocycles. The van der Waals surface area contributed by atoms with E-state index in [9.17, 15) is 18.3 Å². The van der Waals surface area contributed by atoms with Crippen LogP contribution in [-0.2, 0) is 14.6 Å². The third-order valence-electron chi connectivity index (χ3n) is 5.10. The maximum Gasteiger partial charge on any atom is 0.224 e. The smallest absolute Gasteiger partial charge is 0.224 e. The van der Waals surface area contributed by atoms with Crippen LogP contribution >= 0.6 is 0 Å². The summed E-state index contributed by atoms with van der Waals surface area (Å²) in [6.45, 7) is 1.90. The second-order valence-corrected chi connectivity index (χ2v) is 9.66. The maximum atomic E-state index is 13.0. The summed E-state index contributed by atoms with van der Waals surface area (Å²) in [5.74, 6) is -1.14. The van der Waals surface area contributed by atoms with Gasteiger partial charge in [-0.3, -0.25) is 4.79 Å². The van der Waals surface area contributed by atoms with Crippen molar-refractivity contribution in [3.8, 4) is 0 Å². The molecule has 1 heterocycles. The summed E-state index contributed by atoms with van der Waals surface area (Å²) in [6.07, 6.45) is 1.30. The number of nitrogens with two attached hydrogens (primary N) is 1. The van der Waals surface area contributed by atoms with Gasteiger partial charge in [0.25, 0.3) is 0 Å². The average Bonchev–Trinajstić information content (AvgIpc) is 3.30. The Kier molecular flexibility index (Phi) is 5.86. The number of benzene rings is 1. The van der Waals surface area contributed by atoms with Gasteiger partial charge in [0.05, 0.1) is 11.0 Å². The number of rotatable bonds is 10. The molecule has 3 unspecified atom stereocenters. The van der Waals surface area contributed by atoms with Crippen molar-refractivity contribution in [2.75, 3.05) is 5.75 Å². The van der Waals surface area contributed by atoms with E-state index < -0.39 is 33.0 Å². The van der Waals surface area contributed by atoms with Crippen molar-refractivity contribution < 1.29 is 22.7 Å². The van der Waals surface area contributed by atoms with Gasteiger partial charge in [-0.2, -0.15) is 0 Å². The van der Waals surface area contributed by atoms with E-state index in [1.54, 1.807) is 24.3 Å². The maximum absolute atomic E-state index is 13.0. The van der Waals surface area contributed by atoms with Gasteiger partial charge in [-0.15, -0.1) is 0 Å². The van der Waals surface area contributed by atoms with E-state index in [1.165, 1.54) is 0 Å². The average molecular weight is 394 g/mol. The van der Waals surface area contributed by atoms with E-state index in [-0.39, 0.29) is 24.0 Å². The van der Waals surface area contributed by atoms with Crippen molar-refractivity contribution in [1.29, 1.82) is 0 Å². The first-order valence-corrected chi connectivity index (χ1v) is 11.1. The fourth-order valence-corrected chi connectivity index (χ4v) is 6.03. The number of amides is 1. The van der Waals surface area contributed by atoms with Gasteiger partial charge in [-0.1, -0.05) is 25.5 Å². The molecule has 2 aromatic rings. The van der Waals surface area contributed by atoms with Crippen LogP contribution in [0.15, 0.2) is 28.7 Å². The zero-order valence-electron chi connectivity index (χ0n) is 15.4. The molecule has 0 radical (unpaired) electrons. The summed E-state index contributed by atoms with van der Waals surface area (Å²) < 4.78 is 31.6. The van der Waals surface area contributed by atoms with Crippen LogP contribution in [0, 0.1) is 11.8 Å². The predicted octanol–water partition coefficient (Wildman–Crippen LogP) is 2.35. The van der Waals surface area contributed by atoms with Crippen LogP contribution in [0.5, 0.6) is 0 Å². The Bertz CT molecular complexity index is 871. The van der Waals surface area contributed by atoms with E-state index in [4.69, 9.17) is 10.2 Å². The number of aromatic nitrogens is 1.